The van der Waals surface area contributed by atoms with E-state index in [2.05, 4.69) is 33.0 Å². The maximum atomic E-state index is 11.9. The van der Waals surface area contributed by atoms with Gasteiger partial charge in [0.15, 0.2) is 9.84 Å². The Kier molecular flexibility index (Phi) is 4.29. The monoisotopic (exact) mass is 301 g/mol. The lowest BCUT2D eigenvalue weighted by Crippen LogP contribution is -2.50. The number of hydrogen-bond acceptors (Lipinski definition) is 3. The summed E-state index contributed by atoms with van der Waals surface area (Å²) < 4.78 is 23.8. The molecule has 0 aromatic carbocycles. The summed E-state index contributed by atoms with van der Waals surface area (Å²) in [5.41, 5.74) is 0.692. The molecule has 0 radical (unpaired) electrons. The molecule has 0 spiro atoms. The second kappa shape index (κ2) is 5.28. The minimum Gasteiger partial charge on any atom is -0.310 e. The molecule has 2 atom stereocenters. The van der Waals surface area contributed by atoms with Crippen LogP contribution < -0.4 is 5.32 Å². The lowest BCUT2D eigenvalue weighted by atomic mass is 9.63. The van der Waals surface area contributed by atoms with Gasteiger partial charge in [-0.2, -0.15) is 0 Å². The van der Waals surface area contributed by atoms with Crippen LogP contribution >= 0.6 is 0 Å². The van der Waals surface area contributed by atoms with E-state index in [1.54, 1.807) is 0 Å². The highest BCUT2D eigenvalue weighted by atomic mass is 32.2. The van der Waals surface area contributed by atoms with Crippen molar-refractivity contribution in [2.75, 3.05) is 6.26 Å². The topological polar surface area (TPSA) is 46.2 Å². The van der Waals surface area contributed by atoms with Gasteiger partial charge in [-0.15, -0.1) is 0 Å². The highest BCUT2D eigenvalue weighted by Crippen LogP contribution is 2.46. The van der Waals surface area contributed by atoms with Gasteiger partial charge in [-0.3, -0.25) is 0 Å². The van der Waals surface area contributed by atoms with E-state index in [9.17, 15) is 8.42 Å². The maximum Gasteiger partial charge on any atom is 0.151 e. The second-order valence-electron chi connectivity index (χ2n) is 8.68. The molecule has 0 aromatic rings. The molecule has 4 heteroatoms. The fourth-order valence-corrected chi connectivity index (χ4v) is 6.30. The van der Waals surface area contributed by atoms with Gasteiger partial charge in [0.05, 0.1) is 5.25 Å². The van der Waals surface area contributed by atoms with E-state index in [0.29, 0.717) is 16.9 Å². The van der Waals surface area contributed by atoms with Gasteiger partial charge in [-0.25, -0.2) is 8.42 Å². The third kappa shape index (κ3) is 3.97. The average molecular weight is 301 g/mol. The third-order valence-electron chi connectivity index (χ3n) is 5.01. The molecule has 2 fully saturated rings. The first-order chi connectivity index (χ1) is 8.99. The molecule has 0 aromatic heterocycles. The summed E-state index contributed by atoms with van der Waals surface area (Å²) in [7, 11) is -2.92. The Labute approximate surface area is 124 Å². The summed E-state index contributed by atoms with van der Waals surface area (Å²) in [5.74, 6) is 0. The van der Waals surface area contributed by atoms with Crippen molar-refractivity contribution < 1.29 is 8.42 Å². The molecular formula is C16H31NO2S. The quantitative estimate of drug-likeness (QED) is 0.871. The molecule has 0 aliphatic heterocycles. The van der Waals surface area contributed by atoms with E-state index in [4.69, 9.17) is 0 Å². The Morgan fingerprint density at radius 3 is 2.05 bits per heavy atom. The molecular weight excluding hydrogens is 270 g/mol. The highest BCUT2D eigenvalue weighted by Gasteiger charge is 2.41. The van der Waals surface area contributed by atoms with Gasteiger partial charge >= 0.3 is 0 Å². The summed E-state index contributed by atoms with van der Waals surface area (Å²) in [5, 5.41) is 3.54. The molecule has 0 heterocycles. The molecule has 2 aliphatic rings. The van der Waals surface area contributed by atoms with Crippen molar-refractivity contribution >= 4 is 9.84 Å². The summed E-state index contributed by atoms with van der Waals surface area (Å²) in [4.78, 5) is 0. The van der Waals surface area contributed by atoms with E-state index >= 15 is 0 Å². The maximum absolute atomic E-state index is 11.9. The van der Waals surface area contributed by atoms with E-state index in [1.165, 1.54) is 12.7 Å². The van der Waals surface area contributed by atoms with Crippen LogP contribution in [0.15, 0.2) is 0 Å². The van der Waals surface area contributed by atoms with Crippen LogP contribution in [0, 0.1) is 10.8 Å². The third-order valence-corrected chi connectivity index (χ3v) is 6.67. The van der Waals surface area contributed by atoms with Crippen molar-refractivity contribution in [2.45, 2.75) is 83.6 Å². The molecule has 2 rings (SSSR count). The molecule has 0 bridgehead atoms. The van der Waals surface area contributed by atoms with Crippen LogP contribution in [0.3, 0.4) is 0 Å². The second-order valence-corrected chi connectivity index (χ2v) is 10.9. The van der Waals surface area contributed by atoms with Gasteiger partial charge in [0.1, 0.15) is 0 Å². The molecule has 1 N–H and O–H groups in total. The van der Waals surface area contributed by atoms with E-state index in [-0.39, 0.29) is 11.3 Å². The number of nitrogens with one attached hydrogen (secondary N) is 1. The number of rotatable bonds is 3. The summed E-state index contributed by atoms with van der Waals surface area (Å²) in [6.07, 6.45) is 7.83. The predicted molar refractivity (Wildman–Crippen MR) is 84.6 cm³/mol. The van der Waals surface area contributed by atoms with Crippen LogP contribution in [-0.2, 0) is 9.84 Å². The van der Waals surface area contributed by atoms with Crippen LogP contribution in [0.4, 0.5) is 0 Å². The van der Waals surface area contributed by atoms with Crippen molar-refractivity contribution in [2.24, 2.45) is 10.8 Å². The Morgan fingerprint density at radius 1 is 1.00 bits per heavy atom. The molecule has 3 nitrogen and oxygen atoms in total. The fraction of sp³-hybridized carbons (Fsp3) is 1.00. The van der Waals surface area contributed by atoms with Crippen LogP contribution in [0.2, 0.25) is 0 Å². The molecule has 0 amide bonds. The largest absolute Gasteiger partial charge is 0.310 e. The molecule has 2 unspecified atom stereocenters. The van der Waals surface area contributed by atoms with Crippen molar-refractivity contribution in [1.82, 2.24) is 5.32 Å². The zero-order chi connectivity index (χ0) is 15.2. The zero-order valence-electron chi connectivity index (χ0n) is 13.7. The summed E-state index contributed by atoms with van der Waals surface area (Å²) in [6, 6.07) is 0.626. The van der Waals surface area contributed by atoms with Gasteiger partial charge in [-0.05, 0) is 42.9 Å². The average Bonchev–Trinajstić information content (AvgIpc) is 2.59. The van der Waals surface area contributed by atoms with Gasteiger partial charge in [0.2, 0.25) is 0 Å². The van der Waals surface area contributed by atoms with Crippen molar-refractivity contribution in [3.63, 3.8) is 0 Å². The summed E-state index contributed by atoms with van der Waals surface area (Å²) in [6.45, 7) is 9.35. The Bertz CT molecular complexity index is 437. The van der Waals surface area contributed by atoms with E-state index in [0.717, 1.165) is 32.1 Å². The van der Waals surface area contributed by atoms with Crippen molar-refractivity contribution in [3.05, 3.63) is 0 Å². The number of sulfone groups is 1. The minimum atomic E-state index is -2.92. The van der Waals surface area contributed by atoms with Crippen LogP contribution in [0.5, 0.6) is 0 Å². The SMILES string of the molecule is CC1(C)CC(NC2CCCC2S(C)(=O)=O)CC(C)(C)C1. The van der Waals surface area contributed by atoms with Crippen LogP contribution in [0.25, 0.3) is 0 Å². The minimum absolute atomic E-state index is 0.166. The number of hydrogen-bond donors (Lipinski definition) is 1. The Hall–Kier alpha value is -0.0900. The standard InChI is InChI=1S/C16H31NO2S/c1-15(2)9-12(10-16(3,4)11-15)17-13-7-6-8-14(13)20(5,18)19/h12-14,17H,6-11H2,1-5H3. The first kappa shape index (κ1) is 16.3. The molecule has 2 aliphatic carbocycles. The van der Waals surface area contributed by atoms with Gasteiger partial charge in [0.25, 0.3) is 0 Å². The molecule has 2 saturated carbocycles. The van der Waals surface area contributed by atoms with Crippen LogP contribution in [0.1, 0.15) is 66.2 Å². The zero-order valence-corrected chi connectivity index (χ0v) is 14.5. The fourth-order valence-electron chi connectivity index (χ4n) is 4.90. The molecule has 118 valence electrons. The Balaban J connectivity index is 2.06. The molecule has 0 saturated heterocycles. The van der Waals surface area contributed by atoms with Gasteiger partial charge < -0.3 is 5.32 Å². The highest BCUT2D eigenvalue weighted by molar-refractivity contribution is 7.91. The first-order valence-electron chi connectivity index (χ1n) is 7.94. The molecule has 20 heavy (non-hydrogen) atoms. The normalized spacial score (nSPS) is 34.2. The lowest BCUT2D eigenvalue weighted by Gasteiger charge is -2.46. The van der Waals surface area contributed by atoms with Crippen molar-refractivity contribution in [1.29, 1.82) is 0 Å². The predicted octanol–water partition coefficient (Wildman–Crippen LogP) is 3.15. The van der Waals surface area contributed by atoms with E-state index in [1.807, 2.05) is 0 Å². The van der Waals surface area contributed by atoms with Crippen molar-refractivity contribution in [3.8, 4) is 0 Å². The summed E-state index contributed by atoms with van der Waals surface area (Å²) >= 11 is 0. The Morgan fingerprint density at radius 2 is 1.55 bits per heavy atom. The van der Waals surface area contributed by atoms with E-state index < -0.39 is 9.84 Å². The van der Waals surface area contributed by atoms with Crippen LogP contribution in [-0.4, -0.2) is 32.0 Å². The smallest absolute Gasteiger partial charge is 0.151 e. The first-order valence-corrected chi connectivity index (χ1v) is 9.89. The van der Waals surface area contributed by atoms with Gasteiger partial charge in [-0.1, -0.05) is 34.1 Å². The van der Waals surface area contributed by atoms with Gasteiger partial charge in [0, 0.05) is 18.3 Å². The lowest BCUT2D eigenvalue weighted by molar-refractivity contribution is 0.0807.